The molecule has 0 saturated carbocycles. The number of nitrogens with zero attached hydrogens (tertiary/aromatic N) is 2. The summed E-state index contributed by atoms with van der Waals surface area (Å²) in [6, 6.07) is 6.40. The molecule has 10 heteroatoms. The fourth-order valence-electron chi connectivity index (χ4n) is 4.27. The number of aryl methyl sites for hydroxylation is 1. The molecule has 1 saturated heterocycles. The average molecular weight is 568 g/mol. The Kier molecular flexibility index (Phi) is 12.1. The first-order valence-electron chi connectivity index (χ1n) is 11.6. The molecule has 1 aliphatic rings. The van der Waals surface area contributed by atoms with Crippen molar-refractivity contribution in [1.29, 1.82) is 0 Å². The Labute approximate surface area is 214 Å². The number of halogens is 1. The molecule has 0 unspecified atom stereocenters. The van der Waals surface area contributed by atoms with E-state index in [0.717, 1.165) is 36.0 Å². The number of piperidine rings is 1. The molecule has 0 amide bonds. The van der Waals surface area contributed by atoms with E-state index in [2.05, 4.69) is 61.9 Å². The summed E-state index contributed by atoms with van der Waals surface area (Å²) in [5, 5.41) is 8.65. The van der Waals surface area contributed by atoms with E-state index in [1.165, 1.54) is 12.1 Å². The third-order valence-corrected chi connectivity index (χ3v) is 9.02. The average Bonchev–Trinajstić information content (AvgIpc) is 2.71. The van der Waals surface area contributed by atoms with Crippen molar-refractivity contribution in [2.45, 2.75) is 69.5 Å². The number of ether oxygens (including phenoxy) is 2. The monoisotopic (exact) mass is 566 g/mol. The van der Waals surface area contributed by atoms with Crippen molar-refractivity contribution in [1.82, 2.24) is 3.93 Å². The van der Waals surface area contributed by atoms with Gasteiger partial charge in [0.05, 0.1) is 58.1 Å². The Hall–Kier alpha value is -0.590. The van der Waals surface area contributed by atoms with Gasteiger partial charge in [-0.2, -0.15) is 0 Å². The first-order valence-corrected chi connectivity index (χ1v) is 13.7. The Balaban J connectivity index is 0.000000437. The summed E-state index contributed by atoms with van der Waals surface area (Å²) in [6.07, 6.45) is 2.32. The summed E-state index contributed by atoms with van der Waals surface area (Å²) in [5.41, 5.74) is 1.21. The minimum Gasteiger partial charge on any atom is -0.744 e. The van der Waals surface area contributed by atoms with Gasteiger partial charge in [0.1, 0.15) is 16.7 Å². The molecule has 198 valence electrons. The van der Waals surface area contributed by atoms with Gasteiger partial charge in [-0.05, 0) is 46.8 Å². The van der Waals surface area contributed by atoms with Crippen LogP contribution in [0.3, 0.4) is 0 Å². The lowest BCUT2D eigenvalue weighted by molar-refractivity contribution is -0.918. The number of aliphatic hydroxyl groups is 1. The van der Waals surface area contributed by atoms with E-state index in [1.807, 2.05) is 6.92 Å². The van der Waals surface area contributed by atoms with E-state index in [4.69, 9.17) is 14.6 Å². The van der Waals surface area contributed by atoms with Gasteiger partial charge in [-0.15, -0.1) is 0 Å². The standard InChI is InChI=1S/C17H36BrN2O3.C7H8O3S/c1-16(2)13-15(14-17(3,4)19(16)18)20(5,6)7-9-22-11-12-23-10-8-21;1-6-2-4-7(5-3-6)11(8,9)10/h15,21H,7-14H2,1-6H3;2-5H,1H3,(H,8,9,10)/q+1;/p-1. The minimum absolute atomic E-state index is 0.0712. The van der Waals surface area contributed by atoms with E-state index in [0.29, 0.717) is 25.9 Å². The topological polar surface area (TPSA) is 99.1 Å². The van der Waals surface area contributed by atoms with Gasteiger partial charge in [0.2, 0.25) is 0 Å². The molecular formula is C24H43BrN2O6S. The first kappa shape index (κ1) is 31.4. The van der Waals surface area contributed by atoms with Crippen LogP contribution >= 0.6 is 16.1 Å². The molecule has 1 fully saturated rings. The number of hydrogen-bond donors (Lipinski definition) is 1. The molecule has 1 aliphatic heterocycles. The molecule has 8 nitrogen and oxygen atoms in total. The van der Waals surface area contributed by atoms with Crippen LogP contribution in [-0.2, 0) is 19.6 Å². The van der Waals surface area contributed by atoms with Crippen LogP contribution in [0.1, 0.15) is 46.1 Å². The van der Waals surface area contributed by atoms with Crippen molar-refractivity contribution in [3.05, 3.63) is 29.8 Å². The lowest BCUT2D eigenvalue weighted by Crippen LogP contribution is -2.64. The van der Waals surface area contributed by atoms with Crippen molar-refractivity contribution in [2.75, 3.05) is 53.7 Å². The van der Waals surface area contributed by atoms with E-state index in [9.17, 15) is 13.0 Å². The first-order chi connectivity index (χ1) is 15.5. The van der Waals surface area contributed by atoms with Gasteiger partial charge in [-0.3, -0.25) is 0 Å². The smallest absolute Gasteiger partial charge is 0.124 e. The molecule has 1 N–H and O–H groups in total. The molecule has 2 rings (SSSR count). The van der Waals surface area contributed by atoms with Crippen LogP contribution in [0.25, 0.3) is 0 Å². The number of benzene rings is 1. The largest absolute Gasteiger partial charge is 0.744 e. The van der Waals surface area contributed by atoms with E-state index in [-0.39, 0.29) is 22.6 Å². The second-order valence-corrected chi connectivity index (χ2v) is 12.8. The molecule has 0 bridgehead atoms. The van der Waals surface area contributed by atoms with Crippen LogP contribution in [0.5, 0.6) is 0 Å². The third kappa shape index (κ3) is 10.2. The van der Waals surface area contributed by atoms with Crippen molar-refractivity contribution < 1.29 is 32.0 Å². The predicted octanol–water partition coefficient (Wildman–Crippen LogP) is 3.32. The van der Waals surface area contributed by atoms with Gasteiger partial charge in [0, 0.05) is 40.1 Å². The summed E-state index contributed by atoms with van der Waals surface area (Å²) in [6.45, 7) is 14.4. The van der Waals surface area contributed by atoms with E-state index < -0.39 is 10.1 Å². The van der Waals surface area contributed by atoms with E-state index in [1.54, 1.807) is 12.1 Å². The Morgan fingerprint density at radius 2 is 1.50 bits per heavy atom. The van der Waals surface area contributed by atoms with Crippen molar-refractivity contribution in [3.8, 4) is 0 Å². The molecule has 1 aromatic rings. The number of quaternary nitrogens is 1. The van der Waals surface area contributed by atoms with Gasteiger partial charge < -0.3 is 23.6 Å². The Morgan fingerprint density at radius 3 is 1.94 bits per heavy atom. The number of rotatable bonds is 10. The second-order valence-electron chi connectivity index (χ2n) is 10.7. The second kappa shape index (κ2) is 13.1. The lowest BCUT2D eigenvalue weighted by Gasteiger charge is -2.55. The van der Waals surface area contributed by atoms with Crippen molar-refractivity contribution >= 4 is 26.3 Å². The maximum Gasteiger partial charge on any atom is 0.124 e. The molecule has 0 spiro atoms. The maximum atomic E-state index is 10.4. The van der Waals surface area contributed by atoms with Gasteiger partial charge in [0.15, 0.2) is 0 Å². The highest BCUT2D eigenvalue weighted by molar-refractivity contribution is 9.07. The third-order valence-electron chi connectivity index (χ3n) is 6.25. The maximum absolute atomic E-state index is 10.4. The summed E-state index contributed by atoms with van der Waals surface area (Å²) in [7, 11) is 0.354. The molecule has 0 aromatic heterocycles. The highest BCUT2D eigenvalue weighted by atomic mass is 79.9. The normalized spacial score (nSPS) is 18.9. The summed E-state index contributed by atoms with van der Waals surface area (Å²) in [4.78, 5) is -0.178. The SMILES string of the molecule is CC1(C)CC([N+](C)(C)CCOCCOCCO)CC(C)(C)N1Br.Cc1ccc(S(=O)(=O)[O-])cc1. The highest BCUT2D eigenvalue weighted by Gasteiger charge is 2.49. The number of hydrogen-bond acceptors (Lipinski definition) is 7. The molecular weight excluding hydrogens is 524 g/mol. The summed E-state index contributed by atoms with van der Waals surface area (Å²) >= 11 is 3.79. The van der Waals surface area contributed by atoms with Crippen LogP contribution in [0.2, 0.25) is 0 Å². The quantitative estimate of drug-likeness (QED) is 0.201. The summed E-state index contributed by atoms with van der Waals surface area (Å²) in [5.74, 6) is 0. The molecule has 1 heterocycles. The molecule has 0 radical (unpaired) electrons. The fourth-order valence-corrected chi connectivity index (χ4v) is 5.03. The van der Waals surface area contributed by atoms with Gasteiger partial charge >= 0.3 is 0 Å². The zero-order valence-electron chi connectivity index (χ0n) is 21.7. The lowest BCUT2D eigenvalue weighted by atomic mass is 9.78. The molecule has 0 aliphatic carbocycles. The minimum atomic E-state index is -4.27. The van der Waals surface area contributed by atoms with Crippen LogP contribution < -0.4 is 0 Å². The Morgan fingerprint density at radius 1 is 1.03 bits per heavy atom. The molecule has 1 aromatic carbocycles. The summed E-state index contributed by atoms with van der Waals surface area (Å²) < 4.78 is 45.4. The van der Waals surface area contributed by atoms with E-state index >= 15 is 0 Å². The highest BCUT2D eigenvalue weighted by Crippen LogP contribution is 2.43. The fraction of sp³-hybridized carbons (Fsp3) is 0.750. The predicted molar refractivity (Wildman–Crippen MR) is 137 cm³/mol. The zero-order valence-corrected chi connectivity index (χ0v) is 24.1. The number of aliphatic hydroxyl groups excluding tert-OH is 1. The zero-order chi connectivity index (χ0) is 26.2. The van der Waals surface area contributed by atoms with Crippen LogP contribution in [-0.4, -0.2) is 97.3 Å². The van der Waals surface area contributed by atoms with Crippen molar-refractivity contribution in [3.63, 3.8) is 0 Å². The van der Waals surface area contributed by atoms with Gasteiger partial charge in [0.25, 0.3) is 0 Å². The van der Waals surface area contributed by atoms with Crippen LogP contribution in [0.4, 0.5) is 0 Å². The number of likely N-dealkylation sites (N-methyl/N-ethyl adjacent to an activating group) is 1. The van der Waals surface area contributed by atoms with Crippen LogP contribution in [0.15, 0.2) is 29.2 Å². The molecule has 0 atom stereocenters. The Bertz CT molecular complexity index is 826. The molecule has 34 heavy (non-hydrogen) atoms. The van der Waals surface area contributed by atoms with Gasteiger partial charge in [-0.25, -0.2) is 12.3 Å². The van der Waals surface area contributed by atoms with Crippen LogP contribution in [0, 0.1) is 6.92 Å². The van der Waals surface area contributed by atoms with Gasteiger partial charge in [-0.1, -0.05) is 17.7 Å². The van der Waals surface area contributed by atoms with Crippen molar-refractivity contribution in [2.24, 2.45) is 0 Å².